The SMILES string of the molecule is O=C(c1cccc(-c2ccc([C@@H](O)CN3CCOCC3)cc2)c1)N1CCCC1. The molecule has 5 heteroatoms. The Kier molecular flexibility index (Phi) is 6.05. The van der Waals surface area contributed by atoms with Crippen LogP contribution in [0.4, 0.5) is 0 Å². The van der Waals surface area contributed by atoms with Gasteiger partial charge in [0.2, 0.25) is 0 Å². The lowest BCUT2D eigenvalue weighted by molar-refractivity contribution is 0.0143. The number of carbonyl (C=O) groups excluding carboxylic acids is 1. The first-order valence-corrected chi connectivity index (χ1v) is 10.2. The number of carbonyl (C=O) groups is 1. The van der Waals surface area contributed by atoms with Crippen molar-refractivity contribution in [3.63, 3.8) is 0 Å². The van der Waals surface area contributed by atoms with E-state index in [9.17, 15) is 9.90 Å². The van der Waals surface area contributed by atoms with Gasteiger partial charge in [-0.15, -0.1) is 0 Å². The van der Waals surface area contributed by atoms with Crippen molar-refractivity contribution in [3.8, 4) is 11.1 Å². The molecule has 0 saturated carbocycles. The minimum atomic E-state index is -0.504. The van der Waals surface area contributed by atoms with Gasteiger partial charge in [-0.1, -0.05) is 36.4 Å². The molecule has 2 aromatic rings. The Labute approximate surface area is 166 Å². The number of ether oxygens (including phenoxy) is 1. The number of benzene rings is 2. The first-order chi connectivity index (χ1) is 13.7. The van der Waals surface area contributed by atoms with Gasteiger partial charge in [-0.2, -0.15) is 0 Å². The molecule has 0 radical (unpaired) electrons. The summed E-state index contributed by atoms with van der Waals surface area (Å²) in [6.45, 7) is 5.55. The number of aliphatic hydroxyl groups excluding tert-OH is 1. The van der Waals surface area contributed by atoms with Crippen LogP contribution in [0.15, 0.2) is 48.5 Å². The van der Waals surface area contributed by atoms with Gasteiger partial charge in [0.1, 0.15) is 0 Å². The summed E-state index contributed by atoms with van der Waals surface area (Å²) in [4.78, 5) is 16.8. The summed E-state index contributed by atoms with van der Waals surface area (Å²) < 4.78 is 5.36. The maximum atomic E-state index is 12.6. The van der Waals surface area contributed by atoms with Gasteiger partial charge in [-0.25, -0.2) is 0 Å². The molecule has 0 aromatic heterocycles. The molecule has 0 unspecified atom stereocenters. The average molecular weight is 380 g/mol. The molecule has 5 nitrogen and oxygen atoms in total. The quantitative estimate of drug-likeness (QED) is 0.867. The highest BCUT2D eigenvalue weighted by Gasteiger charge is 2.20. The van der Waals surface area contributed by atoms with Crippen LogP contribution >= 0.6 is 0 Å². The van der Waals surface area contributed by atoms with Crippen LogP contribution in [0.1, 0.15) is 34.9 Å². The van der Waals surface area contributed by atoms with Gasteiger partial charge >= 0.3 is 0 Å². The molecule has 28 heavy (non-hydrogen) atoms. The Morgan fingerprint density at radius 1 is 0.964 bits per heavy atom. The third kappa shape index (κ3) is 4.43. The van der Waals surface area contributed by atoms with Gasteiger partial charge in [0.15, 0.2) is 0 Å². The summed E-state index contributed by atoms with van der Waals surface area (Å²) in [5.41, 5.74) is 3.74. The van der Waals surface area contributed by atoms with Crippen LogP contribution in [-0.4, -0.2) is 66.8 Å². The summed E-state index contributed by atoms with van der Waals surface area (Å²) in [7, 11) is 0. The van der Waals surface area contributed by atoms with Crippen LogP contribution in [0.5, 0.6) is 0 Å². The summed E-state index contributed by atoms with van der Waals surface area (Å²) in [5.74, 6) is 0.122. The maximum Gasteiger partial charge on any atom is 0.253 e. The topological polar surface area (TPSA) is 53.0 Å². The van der Waals surface area contributed by atoms with Crippen molar-refractivity contribution in [2.45, 2.75) is 18.9 Å². The maximum absolute atomic E-state index is 12.6. The van der Waals surface area contributed by atoms with Crippen LogP contribution in [0.2, 0.25) is 0 Å². The van der Waals surface area contributed by atoms with E-state index >= 15 is 0 Å². The molecule has 0 bridgehead atoms. The highest BCUT2D eigenvalue weighted by molar-refractivity contribution is 5.95. The van der Waals surface area contributed by atoms with Crippen LogP contribution in [0, 0.1) is 0 Å². The molecule has 0 spiro atoms. The third-order valence-electron chi connectivity index (χ3n) is 5.67. The number of hydrogen-bond donors (Lipinski definition) is 1. The molecule has 0 aliphatic carbocycles. The number of hydrogen-bond acceptors (Lipinski definition) is 4. The van der Waals surface area contributed by atoms with E-state index in [-0.39, 0.29) is 5.91 Å². The summed E-state index contributed by atoms with van der Waals surface area (Å²) in [5, 5.41) is 10.5. The highest BCUT2D eigenvalue weighted by atomic mass is 16.5. The zero-order chi connectivity index (χ0) is 19.3. The van der Waals surface area contributed by atoms with E-state index in [2.05, 4.69) is 4.90 Å². The van der Waals surface area contributed by atoms with E-state index in [4.69, 9.17) is 4.74 Å². The number of aliphatic hydroxyl groups is 1. The molecule has 2 heterocycles. The van der Waals surface area contributed by atoms with Crippen LogP contribution in [-0.2, 0) is 4.74 Å². The fourth-order valence-electron chi connectivity index (χ4n) is 3.97. The summed E-state index contributed by atoms with van der Waals surface area (Å²) in [6.07, 6.45) is 1.69. The van der Waals surface area contributed by atoms with E-state index in [0.717, 1.165) is 74.5 Å². The van der Waals surface area contributed by atoms with E-state index in [0.29, 0.717) is 6.54 Å². The molecule has 4 rings (SSSR count). The molecule has 1 amide bonds. The normalized spacial score (nSPS) is 19.0. The average Bonchev–Trinajstić information content (AvgIpc) is 3.29. The van der Waals surface area contributed by atoms with Crippen molar-refractivity contribution >= 4 is 5.91 Å². The van der Waals surface area contributed by atoms with Crippen molar-refractivity contribution in [3.05, 3.63) is 59.7 Å². The van der Waals surface area contributed by atoms with Crippen LogP contribution in [0.25, 0.3) is 11.1 Å². The van der Waals surface area contributed by atoms with Gasteiger partial charge in [0.05, 0.1) is 19.3 Å². The van der Waals surface area contributed by atoms with Crippen molar-refractivity contribution in [1.29, 1.82) is 0 Å². The Bertz CT molecular complexity index is 794. The Morgan fingerprint density at radius 2 is 1.68 bits per heavy atom. The largest absolute Gasteiger partial charge is 0.387 e. The molecule has 2 saturated heterocycles. The predicted molar refractivity (Wildman–Crippen MR) is 109 cm³/mol. The second-order valence-electron chi connectivity index (χ2n) is 7.63. The van der Waals surface area contributed by atoms with Crippen molar-refractivity contribution in [1.82, 2.24) is 9.80 Å². The molecule has 148 valence electrons. The van der Waals surface area contributed by atoms with Crippen molar-refractivity contribution in [2.24, 2.45) is 0 Å². The number of nitrogens with zero attached hydrogens (tertiary/aromatic N) is 2. The molecule has 2 aliphatic rings. The molecule has 2 aliphatic heterocycles. The lowest BCUT2D eigenvalue weighted by Gasteiger charge is -2.28. The monoisotopic (exact) mass is 380 g/mol. The molecule has 1 atom stereocenters. The fourth-order valence-corrected chi connectivity index (χ4v) is 3.97. The fraction of sp³-hybridized carbons (Fsp3) is 0.435. The second-order valence-corrected chi connectivity index (χ2v) is 7.63. The zero-order valence-corrected chi connectivity index (χ0v) is 16.2. The number of likely N-dealkylation sites (tertiary alicyclic amines) is 1. The van der Waals surface area contributed by atoms with E-state index < -0.39 is 6.10 Å². The first kappa shape index (κ1) is 19.1. The molecule has 2 aromatic carbocycles. The minimum Gasteiger partial charge on any atom is -0.387 e. The van der Waals surface area contributed by atoms with Gasteiger partial charge in [0.25, 0.3) is 5.91 Å². The molecular formula is C23H28N2O3. The first-order valence-electron chi connectivity index (χ1n) is 10.2. The standard InChI is InChI=1S/C23H28N2O3/c26-22(17-24-12-14-28-15-13-24)19-8-6-18(7-9-19)20-4-3-5-21(16-20)23(27)25-10-1-2-11-25/h3-9,16,22,26H,1-2,10-15,17H2/t22-/m0/s1. The van der Waals surface area contributed by atoms with Crippen molar-refractivity contribution in [2.75, 3.05) is 45.9 Å². The van der Waals surface area contributed by atoms with E-state index in [1.807, 2.05) is 53.4 Å². The van der Waals surface area contributed by atoms with Gasteiger partial charge in [-0.05, 0) is 41.7 Å². The minimum absolute atomic E-state index is 0.122. The van der Waals surface area contributed by atoms with Gasteiger partial charge in [-0.3, -0.25) is 9.69 Å². The molecular weight excluding hydrogens is 352 g/mol. The lowest BCUT2D eigenvalue weighted by Crippen LogP contribution is -2.38. The number of β-amino-alcohol motifs (C(OH)–C–C–N with tert-alkyl or cyclic N) is 1. The number of morpholine rings is 1. The lowest BCUT2D eigenvalue weighted by atomic mass is 9.99. The summed E-state index contributed by atoms with van der Waals surface area (Å²) >= 11 is 0. The molecule has 1 N–H and O–H groups in total. The Balaban J connectivity index is 1.44. The molecule has 2 fully saturated rings. The highest BCUT2D eigenvalue weighted by Crippen LogP contribution is 2.24. The van der Waals surface area contributed by atoms with Gasteiger partial charge in [0, 0.05) is 38.3 Å². The van der Waals surface area contributed by atoms with E-state index in [1.54, 1.807) is 0 Å². The smallest absolute Gasteiger partial charge is 0.253 e. The number of amides is 1. The Morgan fingerprint density at radius 3 is 2.39 bits per heavy atom. The Hall–Kier alpha value is -2.21. The van der Waals surface area contributed by atoms with E-state index in [1.165, 1.54) is 0 Å². The second kappa shape index (κ2) is 8.86. The van der Waals surface area contributed by atoms with Crippen molar-refractivity contribution < 1.29 is 14.6 Å². The van der Waals surface area contributed by atoms with Crippen LogP contribution < -0.4 is 0 Å². The van der Waals surface area contributed by atoms with Crippen LogP contribution in [0.3, 0.4) is 0 Å². The number of rotatable bonds is 5. The predicted octanol–water partition coefficient (Wildman–Crippen LogP) is 2.96. The zero-order valence-electron chi connectivity index (χ0n) is 16.2. The van der Waals surface area contributed by atoms with Gasteiger partial charge < -0.3 is 14.7 Å². The summed E-state index contributed by atoms with van der Waals surface area (Å²) in [6, 6.07) is 15.9. The third-order valence-corrected chi connectivity index (χ3v) is 5.67.